The van der Waals surface area contributed by atoms with Crippen molar-refractivity contribution in [2.24, 2.45) is 0 Å². The average Bonchev–Trinajstić information content (AvgIpc) is 3.04. The lowest BCUT2D eigenvalue weighted by molar-refractivity contribution is -0.125. The summed E-state index contributed by atoms with van der Waals surface area (Å²) in [5.41, 5.74) is 3.31. The molecule has 2 amide bonds. The maximum atomic E-state index is 13.0. The van der Waals surface area contributed by atoms with E-state index in [4.69, 9.17) is 11.6 Å². The van der Waals surface area contributed by atoms with Crippen molar-refractivity contribution in [2.75, 3.05) is 10.6 Å². The molecule has 1 aromatic heterocycles. The van der Waals surface area contributed by atoms with E-state index in [0.717, 1.165) is 11.1 Å². The van der Waals surface area contributed by atoms with Crippen molar-refractivity contribution in [1.82, 2.24) is 9.78 Å². The van der Waals surface area contributed by atoms with Crippen molar-refractivity contribution >= 4 is 40.7 Å². The van der Waals surface area contributed by atoms with E-state index in [2.05, 4.69) is 15.7 Å². The van der Waals surface area contributed by atoms with Crippen molar-refractivity contribution in [3.05, 3.63) is 64.7 Å². The smallest absolute Gasteiger partial charge is 0.249 e. The minimum atomic E-state index is -0.798. The molecule has 152 valence electrons. The van der Waals surface area contributed by atoms with E-state index in [1.807, 2.05) is 19.1 Å². The molecule has 0 saturated heterocycles. The third-order valence-electron chi connectivity index (χ3n) is 5.04. The molecule has 2 N–H and O–H groups in total. The van der Waals surface area contributed by atoms with E-state index in [1.165, 1.54) is 6.92 Å². The fourth-order valence-corrected chi connectivity index (χ4v) is 3.66. The highest BCUT2D eigenvalue weighted by molar-refractivity contribution is 6.30. The van der Waals surface area contributed by atoms with E-state index < -0.39 is 6.04 Å². The van der Waals surface area contributed by atoms with Crippen LogP contribution in [0.4, 0.5) is 11.5 Å². The molecule has 0 unspecified atom stereocenters. The van der Waals surface area contributed by atoms with Gasteiger partial charge in [-0.15, -0.1) is 0 Å². The number of aromatic nitrogens is 2. The van der Waals surface area contributed by atoms with E-state index in [1.54, 1.807) is 41.1 Å². The lowest BCUT2D eigenvalue weighted by Gasteiger charge is -2.24. The molecule has 1 atom stereocenters. The molecule has 7 nitrogen and oxygen atoms in total. The second kappa shape index (κ2) is 7.76. The Morgan fingerprint density at radius 3 is 2.60 bits per heavy atom. The molecule has 8 heteroatoms. The molecule has 0 bridgehead atoms. The van der Waals surface area contributed by atoms with Crippen LogP contribution < -0.4 is 10.6 Å². The monoisotopic (exact) mass is 422 g/mol. The second-order valence-corrected chi connectivity index (χ2v) is 7.60. The number of benzene rings is 2. The normalized spacial score (nSPS) is 15.3. The van der Waals surface area contributed by atoms with Gasteiger partial charge in [0.2, 0.25) is 11.8 Å². The van der Waals surface area contributed by atoms with Crippen molar-refractivity contribution in [3.8, 4) is 11.3 Å². The Bertz CT molecular complexity index is 1170. The SMILES string of the molecule is CC(=O)c1ccc(NC(=O)[C@H]2CC(=O)Nc3c(C)c(-c4cccc(Cl)c4)nn32)cc1. The highest BCUT2D eigenvalue weighted by Crippen LogP contribution is 2.35. The van der Waals surface area contributed by atoms with Crippen molar-refractivity contribution in [3.63, 3.8) is 0 Å². The predicted octanol–water partition coefficient (Wildman–Crippen LogP) is 4.24. The van der Waals surface area contributed by atoms with Gasteiger partial charge in [-0.3, -0.25) is 14.4 Å². The maximum Gasteiger partial charge on any atom is 0.249 e. The van der Waals surface area contributed by atoms with Crippen LogP contribution in [0.15, 0.2) is 48.5 Å². The van der Waals surface area contributed by atoms with Gasteiger partial charge in [-0.2, -0.15) is 5.10 Å². The number of anilines is 2. The Morgan fingerprint density at radius 2 is 1.93 bits per heavy atom. The van der Waals surface area contributed by atoms with Crippen LogP contribution in [-0.4, -0.2) is 27.4 Å². The second-order valence-electron chi connectivity index (χ2n) is 7.17. The molecule has 3 aromatic rings. The number of halogens is 1. The van der Waals surface area contributed by atoms with Crippen LogP contribution in [-0.2, 0) is 9.59 Å². The van der Waals surface area contributed by atoms with E-state index >= 15 is 0 Å². The highest BCUT2D eigenvalue weighted by Gasteiger charge is 2.34. The molecular weight excluding hydrogens is 404 g/mol. The van der Waals surface area contributed by atoms with Crippen molar-refractivity contribution in [2.45, 2.75) is 26.3 Å². The molecule has 30 heavy (non-hydrogen) atoms. The Labute approximate surface area is 178 Å². The number of nitrogens with one attached hydrogen (secondary N) is 2. The quantitative estimate of drug-likeness (QED) is 0.615. The number of hydrogen-bond acceptors (Lipinski definition) is 4. The first-order valence-electron chi connectivity index (χ1n) is 9.40. The molecule has 0 aliphatic carbocycles. The summed E-state index contributed by atoms with van der Waals surface area (Å²) in [5.74, 6) is -0.174. The first-order chi connectivity index (χ1) is 14.3. The fraction of sp³-hybridized carbons (Fsp3) is 0.182. The molecule has 1 aliphatic rings. The van der Waals surface area contributed by atoms with Crippen LogP contribution in [0.25, 0.3) is 11.3 Å². The highest BCUT2D eigenvalue weighted by atomic mass is 35.5. The van der Waals surface area contributed by atoms with E-state index in [-0.39, 0.29) is 24.0 Å². The topological polar surface area (TPSA) is 93.1 Å². The fourth-order valence-electron chi connectivity index (χ4n) is 3.47. The first kappa shape index (κ1) is 19.8. The molecule has 2 aromatic carbocycles. The summed E-state index contributed by atoms with van der Waals surface area (Å²) >= 11 is 6.11. The van der Waals surface area contributed by atoms with Crippen LogP contribution >= 0.6 is 11.6 Å². The largest absolute Gasteiger partial charge is 0.324 e. The number of nitrogens with zero attached hydrogens (tertiary/aromatic N) is 2. The van der Waals surface area contributed by atoms with Gasteiger partial charge >= 0.3 is 0 Å². The number of hydrogen-bond donors (Lipinski definition) is 2. The Morgan fingerprint density at radius 1 is 1.20 bits per heavy atom. The minimum Gasteiger partial charge on any atom is -0.324 e. The lowest BCUT2D eigenvalue weighted by Crippen LogP contribution is -2.35. The number of rotatable bonds is 4. The summed E-state index contributed by atoms with van der Waals surface area (Å²) in [7, 11) is 0. The molecule has 1 aliphatic heterocycles. The number of carbonyl (C=O) groups excluding carboxylic acids is 3. The third kappa shape index (κ3) is 3.71. The summed E-state index contributed by atoms with van der Waals surface area (Å²) in [6, 6.07) is 13.1. The summed E-state index contributed by atoms with van der Waals surface area (Å²) in [4.78, 5) is 36.7. The van der Waals surface area contributed by atoms with Gasteiger partial charge in [-0.05, 0) is 50.2 Å². The van der Waals surface area contributed by atoms with Gasteiger partial charge in [0.25, 0.3) is 0 Å². The zero-order valence-corrected chi connectivity index (χ0v) is 17.2. The zero-order valence-electron chi connectivity index (χ0n) is 16.4. The van der Waals surface area contributed by atoms with Gasteiger partial charge in [0.15, 0.2) is 5.78 Å². The van der Waals surface area contributed by atoms with Crippen LogP contribution in [0.3, 0.4) is 0 Å². The molecule has 2 heterocycles. The molecule has 0 spiro atoms. The van der Waals surface area contributed by atoms with Crippen LogP contribution in [0.1, 0.15) is 35.3 Å². The van der Waals surface area contributed by atoms with Gasteiger partial charge < -0.3 is 10.6 Å². The Kier molecular flexibility index (Phi) is 5.13. The van der Waals surface area contributed by atoms with E-state index in [9.17, 15) is 14.4 Å². The zero-order chi connectivity index (χ0) is 21.4. The van der Waals surface area contributed by atoms with Crippen LogP contribution in [0.2, 0.25) is 5.02 Å². The van der Waals surface area contributed by atoms with Gasteiger partial charge in [0.1, 0.15) is 11.9 Å². The predicted molar refractivity (Wildman–Crippen MR) is 115 cm³/mol. The molecule has 0 saturated carbocycles. The standard InChI is InChI=1S/C22H19ClN4O3/c1-12-20(15-4-3-5-16(23)10-15)26-27-18(11-19(29)25-21(12)27)22(30)24-17-8-6-14(7-9-17)13(2)28/h3-10,18H,11H2,1-2H3,(H,24,30)(H,25,29)/t18-/m1/s1. The van der Waals surface area contributed by atoms with E-state index in [0.29, 0.717) is 27.8 Å². The number of carbonyl (C=O) groups is 3. The maximum absolute atomic E-state index is 13.0. The summed E-state index contributed by atoms with van der Waals surface area (Å²) in [6.07, 6.45) is -0.0273. The van der Waals surface area contributed by atoms with Crippen molar-refractivity contribution < 1.29 is 14.4 Å². The molecule has 0 radical (unpaired) electrons. The summed E-state index contributed by atoms with van der Waals surface area (Å²) in [6.45, 7) is 3.32. The minimum absolute atomic E-state index is 0.0273. The van der Waals surface area contributed by atoms with Gasteiger partial charge in [0, 0.05) is 27.4 Å². The molecule has 4 rings (SSSR count). The van der Waals surface area contributed by atoms with Crippen LogP contribution in [0, 0.1) is 6.92 Å². The number of ketones is 1. The van der Waals surface area contributed by atoms with Gasteiger partial charge in [0.05, 0.1) is 12.1 Å². The molecule has 0 fully saturated rings. The Hall–Kier alpha value is -3.45. The lowest BCUT2D eigenvalue weighted by atomic mass is 10.1. The average molecular weight is 423 g/mol. The number of amides is 2. The molecular formula is C22H19ClN4O3. The summed E-state index contributed by atoms with van der Waals surface area (Å²) < 4.78 is 1.55. The first-order valence-corrected chi connectivity index (χ1v) is 9.78. The Balaban J connectivity index is 1.66. The van der Waals surface area contributed by atoms with Gasteiger partial charge in [-0.1, -0.05) is 23.7 Å². The van der Waals surface area contributed by atoms with Crippen LogP contribution in [0.5, 0.6) is 0 Å². The van der Waals surface area contributed by atoms with Gasteiger partial charge in [-0.25, -0.2) is 4.68 Å². The summed E-state index contributed by atoms with van der Waals surface area (Å²) in [5, 5.41) is 10.8. The van der Waals surface area contributed by atoms with Crippen molar-refractivity contribution in [1.29, 1.82) is 0 Å². The number of Topliss-reactive ketones (excluding diaryl/α,β-unsaturated/α-hetero) is 1. The third-order valence-corrected chi connectivity index (χ3v) is 5.27. The number of fused-ring (bicyclic) bond motifs is 1.